The lowest BCUT2D eigenvalue weighted by Gasteiger charge is -2.20. The number of likely N-dealkylation sites (tertiary alicyclic amines) is 1. The van der Waals surface area contributed by atoms with Gasteiger partial charge in [-0.1, -0.05) is 13.8 Å². The van der Waals surface area contributed by atoms with E-state index in [9.17, 15) is 9.90 Å². The van der Waals surface area contributed by atoms with E-state index in [1.807, 2.05) is 16.8 Å². The lowest BCUT2D eigenvalue weighted by atomic mass is 10.0. The summed E-state index contributed by atoms with van der Waals surface area (Å²) in [7, 11) is 1.90. The summed E-state index contributed by atoms with van der Waals surface area (Å²) in [5.74, 6) is 0.498. The molecule has 2 heterocycles. The van der Waals surface area contributed by atoms with E-state index in [0.29, 0.717) is 12.0 Å². The van der Waals surface area contributed by atoms with Crippen molar-refractivity contribution in [2.45, 2.75) is 32.4 Å². The third-order valence-electron chi connectivity index (χ3n) is 4.18. The Morgan fingerprint density at radius 2 is 2.06 bits per heavy atom. The molecule has 2 rings (SSSR count). The molecule has 0 aromatic rings. The summed E-state index contributed by atoms with van der Waals surface area (Å²) < 4.78 is 0. The van der Waals surface area contributed by atoms with Crippen LogP contribution in [0, 0.1) is 5.92 Å². The SMILES string of the molecule is CC(C)C1CN(CCN2CCC(O)C2)C(=O)N1C. The van der Waals surface area contributed by atoms with Gasteiger partial charge in [-0.2, -0.15) is 0 Å². The number of aliphatic hydroxyl groups is 1. The summed E-state index contributed by atoms with van der Waals surface area (Å²) in [4.78, 5) is 18.1. The topological polar surface area (TPSA) is 47.0 Å². The van der Waals surface area contributed by atoms with Gasteiger partial charge in [-0.15, -0.1) is 0 Å². The second-order valence-electron chi connectivity index (χ2n) is 5.89. The van der Waals surface area contributed by atoms with Crippen LogP contribution in [0.2, 0.25) is 0 Å². The van der Waals surface area contributed by atoms with Gasteiger partial charge < -0.3 is 14.9 Å². The highest BCUT2D eigenvalue weighted by Crippen LogP contribution is 2.20. The fraction of sp³-hybridized carbons (Fsp3) is 0.923. The van der Waals surface area contributed by atoms with Crippen LogP contribution in [0.1, 0.15) is 20.3 Å². The first-order valence-corrected chi connectivity index (χ1v) is 6.91. The average molecular weight is 255 g/mol. The molecule has 0 radical (unpaired) electrons. The average Bonchev–Trinajstić information content (AvgIpc) is 2.84. The molecular weight excluding hydrogens is 230 g/mol. The molecule has 2 unspecified atom stereocenters. The summed E-state index contributed by atoms with van der Waals surface area (Å²) in [6, 6.07) is 0.482. The van der Waals surface area contributed by atoms with Crippen molar-refractivity contribution in [2.24, 2.45) is 5.92 Å². The van der Waals surface area contributed by atoms with Gasteiger partial charge in [0.05, 0.1) is 12.1 Å². The Labute approximate surface area is 109 Å². The molecule has 18 heavy (non-hydrogen) atoms. The smallest absolute Gasteiger partial charge is 0.320 e. The molecule has 0 aliphatic carbocycles. The van der Waals surface area contributed by atoms with Crippen LogP contribution in [-0.2, 0) is 0 Å². The number of carbonyl (C=O) groups excluding carboxylic acids is 1. The second-order valence-corrected chi connectivity index (χ2v) is 5.89. The first kappa shape index (κ1) is 13.6. The zero-order chi connectivity index (χ0) is 13.3. The molecule has 0 bridgehead atoms. The summed E-state index contributed by atoms with van der Waals surface area (Å²) in [5.41, 5.74) is 0. The molecule has 0 saturated carbocycles. The predicted molar refractivity (Wildman–Crippen MR) is 70.4 cm³/mol. The summed E-state index contributed by atoms with van der Waals surface area (Å²) in [6.45, 7) is 8.52. The molecule has 2 saturated heterocycles. The fourth-order valence-corrected chi connectivity index (χ4v) is 2.91. The number of rotatable bonds is 4. The zero-order valence-corrected chi connectivity index (χ0v) is 11.7. The number of carbonyl (C=O) groups is 1. The van der Waals surface area contributed by atoms with Crippen LogP contribution in [0.5, 0.6) is 0 Å². The summed E-state index contributed by atoms with van der Waals surface area (Å²) in [6.07, 6.45) is 0.688. The van der Waals surface area contributed by atoms with Crippen LogP contribution < -0.4 is 0 Å². The lowest BCUT2D eigenvalue weighted by Crippen LogP contribution is -2.37. The minimum absolute atomic E-state index is 0.147. The van der Waals surface area contributed by atoms with Gasteiger partial charge in [0.1, 0.15) is 0 Å². The molecule has 2 fully saturated rings. The highest BCUT2D eigenvalue weighted by atomic mass is 16.3. The van der Waals surface area contributed by atoms with Crippen LogP contribution in [0.15, 0.2) is 0 Å². The first-order chi connectivity index (χ1) is 8.49. The molecule has 0 aromatic carbocycles. The van der Waals surface area contributed by atoms with Crippen molar-refractivity contribution < 1.29 is 9.90 Å². The Kier molecular flexibility index (Phi) is 4.12. The third-order valence-corrected chi connectivity index (χ3v) is 4.18. The van der Waals surface area contributed by atoms with Gasteiger partial charge in [-0.3, -0.25) is 4.90 Å². The van der Waals surface area contributed by atoms with Crippen LogP contribution in [-0.4, -0.2) is 77.8 Å². The van der Waals surface area contributed by atoms with Crippen LogP contribution in [0.25, 0.3) is 0 Å². The molecule has 2 aliphatic rings. The number of likely N-dealkylation sites (N-methyl/N-ethyl adjacent to an activating group) is 1. The standard InChI is InChI=1S/C13H25N3O2/c1-10(2)12-9-16(13(18)14(12)3)7-6-15-5-4-11(17)8-15/h10-12,17H,4-9H2,1-3H3. The monoisotopic (exact) mass is 255 g/mol. The van der Waals surface area contributed by atoms with Crippen molar-refractivity contribution in [3.8, 4) is 0 Å². The van der Waals surface area contributed by atoms with Gasteiger partial charge in [0.15, 0.2) is 0 Å². The van der Waals surface area contributed by atoms with E-state index in [0.717, 1.165) is 39.1 Å². The van der Waals surface area contributed by atoms with Gasteiger partial charge >= 0.3 is 6.03 Å². The van der Waals surface area contributed by atoms with E-state index in [-0.39, 0.29) is 12.1 Å². The van der Waals surface area contributed by atoms with Crippen molar-refractivity contribution in [3.05, 3.63) is 0 Å². The molecule has 2 atom stereocenters. The Balaban J connectivity index is 1.81. The Morgan fingerprint density at radius 3 is 2.56 bits per heavy atom. The number of hydrogen-bond acceptors (Lipinski definition) is 3. The van der Waals surface area contributed by atoms with Gasteiger partial charge in [0, 0.05) is 39.8 Å². The number of aliphatic hydroxyl groups excluding tert-OH is 1. The predicted octanol–water partition coefficient (Wildman–Crippen LogP) is 0.445. The highest BCUT2D eigenvalue weighted by molar-refractivity contribution is 5.76. The van der Waals surface area contributed by atoms with Crippen LogP contribution >= 0.6 is 0 Å². The number of nitrogens with zero attached hydrogens (tertiary/aromatic N) is 3. The van der Waals surface area contributed by atoms with Crippen LogP contribution in [0.4, 0.5) is 4.79 Å². The molecular formula is C13H25N3O2. The summed E-state index contributed by atoms with van der Waals surface area (Å²) >= 11 is 0. The number of amides is 2. The van der Waals surface area contributed by atoms with E-state index in [1.54, 1.807) is 0 Å². The number of urea groups is 1. The van der Waals surface area contributed by atoms with Crippen molar-refractivity contribution in [3.63, 3.8) is 0 Å². The molecule has 2 amide bonds. The van der Waals surface area contributed by atoms with E-state index in [4.69, 9.17) is 0 Å². The molecule has 5 heteroatoms. The maximum absolute atomic E-state index is 12.1. The Morgan fingerprint density at radius 1 is 1.33 bits per heavy atom. The van der Waals surface area contributed by atoms with E-state index < -0.39 is 0 Å². The quantitative estimate of drug-likeness (QED) is 0.793. The molecule has 2 aliphatic heterocycles. The van der Waals surface area contributed by atoms with Crippen molar-refractivity contribution >= 4 is 6.03 Å². The largest absolute Gasteiger partial charge is 0.392 e. The highest BCUT2D eigenvalue weighted by Gasteiger charge is 2.36. The molecule has 5 nitrogen and oxygen atoms in total. The second kappa shape index (κ2) is 5.45. The molecule has 1 N–H and O–H groups in total. The van der Waals surface area contributed by atoms with Gasteiger partial charge in [0.2, 0.25) is 0 Å². The van der Waals surface area contributed by atoms with Crippen molar-refractivity contribution in [2.75, 3.05) is 39.8 Å². The first-order valence-electron chi connectivity index (χ1n) is 6.91. The van der Waals surface area contributed by atoms with Gasteiger partial charge in [-0.25, -0.2) is 4.79 Å². The van der Waals surface area contributed by atoms with E-state index in [2.05, 4.69) is 18.7 Å². The lowest BCUT2D eigenvalue weighted by molar-refractivity contribution is 0.169. The van der Waals surface area contributed by atoms with E-state index in [1.165, 1.54) is 0 Å². The normalized spacial score (nSPS) is 29.9. The summed E-state index contributed by atoms with van der Waals surface area (Å²) in [5, 5.41) is 9.47. The Bertz CT molecular complexity index is 309. The zero-order valence-electron chi connectivity index (χ0n) is 11.7. The number of hydrogen-bond donors (Lipinski definition) is 1. The maximum atomic E-state index is 12.1. The van der Waals surface area contributed by atoms with E-state index >= 15 is 0 Å². The fourth-order valence-electron chi connectivity index (χ4n) is 2.91. The molecule has 0 spiro atoms. The molecule has 0 aromatic heterocycles. The molecule has 104 valence electrons. The van der Waals surface area contributed by atoms with Crippen LogP contribution in [0.3, 0.4) is 0 Å². The third kappa shape index (κ3) is 2.78. The van der Waals surface area contributed by atoms with Crippen molar-refractivity contribution in [1.29, 1.82) is 0 Å². The Hall–Kier alpha value is -0.810. The van der Waals surface area contributed by atoms with Gasteiger partial charge in [0.25, 0.3) is 0 Å². The minimum Gasteiger partial charge on any atom is -0.392 e. The number of β-amino-alcohol motifs (C(OH)–C–C–N with tert-alkyl or cyclic N) is 1. The minimum atomic E-state index is -0.176. The van der Waals surface area contributed by atoms with Crippen molar-refractivity contribution in [1.82, 2.24) is 14.7 Å². The maximum Gasteiger partial charge on any atom is 0.320 e. The van der Waals surface area contributed by atoms with Gasteiger partial charge in [-0.05, 0) is 12.3 Å².